The lowest BCUT2D eigenvalue weighted by Gasteiger charge is -2.27. The molecule has 0 aliphatic heterocycles. The fraction of sp³-hybridized carbons (Fsp3) is 0.269. The molecule has 5 nitrogen and oxygen atoms in total. The van der Waals surface area contributed by atoms with Crippen molar-refractivity contribution in [1.82, 2.24) is 5.32 Å². The molecular formula is C26H27Cl2NO4. The Morgan fingerprint density at radius 2 is 1.82 bits per heavy atom. The second kappa shape index (κ2) is 11.5. The van der Waals surface area contributed by atoms with E-state index in [0.29, 0.717) is 23.4 Å². The van der Waals surface area contributed by atoms with Crippen LogP contribution in [0.5, 0.6) is 5.75 Å². The number of hydrogen-bond acceptors (Lipinski definition) is 4. The van der Waals surface area contributed by atoms with Gasteiger partial charge in [0.2, 0.25) is 0 Å². The Balaban J connectivity index is 0.00000306. The minimum atomic E-state index is -0.994. The highest BCUT2D eigenvalue weighted by molar-refractivity contribution is 6.30. The Bertz CT molecular complexity index is 1090. The van der Waals surface area contributed by atoms with Gasteiger partial charge in [0.25, 0.3) is 0 Å². The van der Waals surface area contributed by atoms with Gasteiger partial charge < -0.3 is 20.3 Å². The number of carboxylic acids is 1. The molecule has 2 atom stereocenters. The third-order valence-electron chi connectivity index (χ3n) is 5.82. The van der Waals surface area contributed by atoms with E-state index < -0.39 is 12.1 Å². The number of halogens is 2. The molecule has 3 N–H and O–H groups in total. The Kier molecular flexibility index (Phi) is 8.75. The van der Waals surface area contributed by atoms with Crippen LogP contribution in [0.4, 0.5) is 0 Å². The van der Waals surface area contributed by atoms with Crippen LogP contribution < -0.4 is 10.1 Å². The lowest BCUT2D eigenvalue weighted by Crippen LogP contribution is -2.37. The normalized spacial score (nSPS) is 15.8. The molecule has 0 aromatic heterocycles. The Morgan fingerprint density at radius 1 is 1.06 bits per heavy atom. The van der Waals surface area contributed by atoms with Gasteiger partial charge in [0.15, 0.2) is 6.61 Å². The zero-order chi connectivity index (χ0) is 22.5. The minimum absolute atomic E-state index is 0. The van der Waals surface area contributed by atoms with Gasteiger partial charge in [-0.3, -0.25) is 0 Å². The monoisotopic (exact) mass is 487 g/mol. The van der Waals surface area contributed by atoms with Crippen LogP contribution in [0.15, 0.2) is 66.7 Å². The van der Waals surface area contributed by atoms with Crippen molar-refractivity contribution >= 4 is 30.0 Å². The van der Waals surface area contributed by atoms with Crippen LogP contribution in [0, 0.1) is 0 Å². The summed E-state index contributed by atoms with van der Waals surface area (Å²) in [5.74, 6) is -0.455. The van der Waals surface area contributed by atoms with E-state index in [1.54, 1.807) is 24.3 Å². The number of rotatable bonds is 8. The summed E-state index contributed by atoms with van der Waals surface area (Å²) < 4.78 is 5.21. The standard InChI is InChI=1S/C26H26ClNO4.ClH/c27-22-3-1-2-20(13-22)25(29)15-28-23-9-6-18-4-5-19(12-21(18)14-23)17-7-10-24(11-8-17)32-16-26(30)31;/h1-5,7-8,10-13,23,25,28-29H,6,9,14-16H2,(H,30,31);1H/t23-,25-;/m0./s1. The summed E-state index contributed by atoms with van der Waals surface area (Å²) in [5, 5.41) is 23.4. The molecule has 174 valence electrons. The predicted octanol–water partition coefficient (Wildman–Crippen LogP) is 5.07. The smallest absolute Gasteiger partial charge is 0.341 e. The van der Waals surface area contributed by atoms with Crippen LogP contribution in [0.1, 0.15) is 29.2 Å². The van der Waals surface area contributed by atoms with Crippen LogP contribution in [0.3, 0.4) is 0 Å². The van der Waals surface area contributed by atoms with Crippen molar-refractivity contribution in [1.29, 1.82) is 0 Å². The molecule has 1 aliphatic rings. The molecule has 7 heteroatoms. The van der Waals surface area contributed by atoms with E-state index in [-0.39, 0.29) is 19.0 Å². The number of aliphatic hydroxyl groups is 1. The minimum Gasteiger partial charge on any atom is -0.482 e. The van der Waals surface area contributed by atoms with Gasteiger partial charge in [-0.05, 0) is 71.3 Å². The molecule has 0 heterocycles. The summed E-state index contributed by atoms with van der Waals surface area (Å²) >= 11 is 6.03. The number of carbonyl (C=O) groups is 1. The summed E-state index contributed by atoms with van der Waals surface area (Å²) in [5.41, 5.74) is 5.67. The third kappa shape index (κ3) is 6.71. The molecule has 0 bridgehead atoms. The molecule has 0 unspecified atom stereocenters. The average molecular weight is 488 g/mol. The largest absolute Gasteiger partial charge is 0.482 e. The van der Waals surface area contributed by atoms with E-state index >= 15 is 0 Å². The first-order valence-electron chi connectivity index (χ1n) is 10.7. The maximum Gasteiger partial charge on any atom is 0.341 e. The number of carboxylic acid groups (broad SMARTS) is 1. The van der Waals surface area contributed by atoms with E-state index in [9.17, 15) is 9.90 Å². The number of aliphatic carboxylic acids is 1. The molecule has 0 saturated heterocycles. The predicted molar refractivity (Wildman–Crippen MR) is 132 cm³/mol. The number of aryl methyl sites for hydroxylation is 1. The first-order chi connectivity index (χ1) is 15.5. The highest BCUT2D eigenvalue weighted by Crippen LogP contribution is 2.29. The lowest BCUT2D eigenvalue weighted by atomic mass is 9.86. The van der Waals surface area contributed by atoms with Crippen molar-refractivity contribution in [2.24, 2.45) is 0 Å². The molecule has 3 aromatic carbocycles. The fourth-order valence-corrected chi connectivity index (χ4v) is 4.31. The summed E-state index contributed by atoms with van der Waals surface area (Å²) in [4.78, 5) is 10.6. The quantitative estimate of drug-likeness (QED) is 0.413. The number of benzene rings is 3. The van der Waals surface area contributed by atoms with Crippen molar-refractivity contribution < 1.29 is 19.7 Å². The molecule has 0 saturated carbocycles. The van der Waals surface area contributed by atoms with Crippen LogP contribution in [-0.2, 0) is 17.6 Å². The molecule has 0 fully saturated rings. The van der Waals surface area contributed by atoms with Gasteiger partial charge in [0.05, 0.1) is 6.10 Å². The van der Waals surface area contributed by atoms with Gasteiger partial charge in [0, 0.05) is 17.6 Å². The summed E-state index contributed by atoms with van der Waals surface area (Å²) in [6, 6.07) is 21.7. The number of aliphatic hydroxyl groups excluding tert-OH is 1. The number of fused-ring (bicyclic) bond motifs is 1. The van der Waals surface area contributed by atoms with Crippen molar-refractivity contribution in [2.45, 2.75) is 31.4 Å². The van der Waals surface area contributed by atoms with E-state index in [1.165, 1.54) is 11.1 Å². The van der Waals surface area contributed by atoms with Gasteiger partial charge in [0.1, 0.15) is 5.75 Å². The van der Waals surface area contributed by atoms with E-state index in [4.69, 9.17) is 21.4 Å². The van der Waals surface area contributed by atoms with Gasteiger partial charge in [-0.15, -0.1) is 12.4 Å². The summed E-state index contributed by atoms with van der Waals surface area (Å²) in [7, 11) is 0. The molecule has 1 aliphatic carbocycles. The van der Waals surface area contributed by atoms with Crippen molar-refractivity contribution in [3.63, 3.8) is 0 Å². The van der Waals surface area contributed by atoms with Crippen LogP contribution in [0.25, 0.3) is 11.1 Å². The van der Waals surface area contributed by atoms with Crippen LogP contribution >= 0.6 is 24.0 Å². The lowest BCUT2D eigenvalue weighted by molar-refractivity contribution is -0.139. The fourth-order valence-electron chi connectivity index (χ4n) is 4.11. The molecule has 3 aromatic rings. The molecule has 33 heavy (non-hydrogen) atoms. The van der Waals surface area contributed by atoms with Gasteiger partial charge >= 0.3 is 5.97 Å². The van der Waals surface area contributed by atoms with Gasteiger partial charge in [-0.1, -0.05) is 54.1 Å². The van der Waals surface area contributed by atoms with Gasteiger partial charge in [-0.2, -0.15) is 0 Å². The molecule has 0 spiro atoms. The van der Waals surface area contributed by atoms with Gasteiger partial charge in [-0.25, -0.2) is 4.79 Å². The number of ether oxygens (including phenoxy) is 1. The molecular weight excluding hydrogens is 461 g/mol. The van der Waals surface area contributed by atoms with Crippen LogP contribution in [-0.4, -0.2) is 35.4 Å². The van der Waals surface area contributed by atoms with E-state index in [1.807, 2.05) is 24.3 Å². The highest BCUT2D eigenvalue weighted by Gasteiger charge is 2.20. The third-order valence-corrected chi connectivity index (χ3v) is 6.05. The molecule has 4 rings (SSSR count). The summed E-state index contributed by atoms with van der Waals surface area (Å²) in [6.07, 6.45) is 2.35. The van der Waals surface area contributed by atoms with E-state index in [0.717, 1.165) is 36.0 Å². The van der Waals surface area contributed by atoms with Crippen LogP contribution in [0.2, 0.25) is 5.02 Å². The zero-order valence-electron chi connectivity index (χ0n) is 18.0. The maximum absolute atomic E-state index is 10.6. The Morgan fingerprint density at radius 3 is 2.55 bits per heavy atom. The first-order valence-corrected chi connectivity index (χ1v) is 11.1. The topological polar surface area (TPSA) is 78.8 Å². The SMILES string of the molecule is Cl.O=C(O)COc1ccc(-c2ccc3c(c2)C[C@@H](NC[C@H](O)c2cccc(Cl)c2)CC3)cc1. The first kappa shape index (κ1) is 25.1. The van der Waals surface area contributed by atoms with Crippen molar-refractivity contribution in [2.75, 3.05) is 13.2 Å². The summed E-state index contributed by atoms with van der Waals surface area (Å²) in [6.45, 7) is 0.135. The van der Waals surface area contributed by atoms with Crippen molar-refractivity contribution in [3.8, 4) is 16.9 Å². The second-order valence-electron chi connectivity index (χ2n) is 8.11. The average Bonchev–Trinajstić information content (AvgIpc) is 2.81. The second-order valence-corrected chi connectivity index (χ2v) is 8.55. The number of hydrogen-bond donors (Lipinski definition) is 3. The molecule has 0 amide bonds. The highest BCUT2D eigenvalue weighted by atomic mass is 35.5. The Hall–Kier alpha value is -2.57. The number of nitrogens with one attached hydrogen (secondary N) is 1. The van der Waals surface area contributed by atoms with E-state index in [2.05, 4.69) is 23.5 Å². The molecule has 0 radical (unpaired) electrons. The Labute approximate surface area is 204 Å². The van der Waals surface area contributed by atoms with Crippen molar-refractivity contribution in [3.05, 3.63) is 88.4 Å². The maximum atomic E-state index is 10.6. The zero-order valence-corrected chi connectivity index (χ0v) is 19.6.